The monoisotopic (exact) mass is 582 g/mol. The van der Waals surface area contributed by atoms with Gasteiger partial charge in [0.2, 0.25) is 0 Å². The molecule has 0 atom stereocenters. The SMILES string of the molecule is COCCOCCOCCOc1ccc2c(c1)oc1cc3c(cc12)oc1cc(COCCOCCOCCO)ccc13. The third-order valence-electron chi connectivity index (χ3n) is 6.65. The summed E-state index contributed by atoms with van der Waals surface area (Å²) < 4.78 is 50.5. The van der Waals surface area contributed by atoms with Gasteiger partial charge in [0.15, 0.2) is 0 Å². The van der Waals surface area contributed by atoms with Crippen LogP contribution in [0, 0.1) is 0 Å². The van der Waals surface area contributed by atoms with Crippen molar-refractivity contribution in [2.75, 3.05) is 86.4 Å². The lowest BCUT2D eigenvalue weighted by atomic mass is 10.1. The van der Waals surface area contributed by atoms with Crippen LogP contribution in [0.4, 0.5) is 0 Å². The fourth-order valence-electron chi connectivity index (χ4n) is 4.63. The molecular formula is C32H38O10. The first kappa shape index (κ1) is 30.2. The van der Waals surface area contributed by atoms with Gasteiger partial charge in [0.05, 0.1) is 79.3 Å². The summed E-state index contributed by atoms with van der Waals surface area (Å²) in [6.07, 6.45) is 0. The number of aliphatic hydroxyl groups excluding tert-OH is 1. The van der Waals surface area contributed by atoms with Crippen LogP contribution in [0.1, 0.15) is 5.56 Å². The molecular weight excluding hydrogens is 544 g/mol. The van der Waals surface area contributed by atoms with Crippen LogP contribution in [0.5, 0.6) is 5.75 Å². The maximum Gasteiger partial charge on any atom is 0.139 e. The molecule has 0 amide bonds. The third-order valence-corrected chi connectivity index (χ3v) is 6.65. The molecule has 0 unspecified atom stereocenters. The maximum absolute atomic E-state index is 8.68. The Hall–Kier alpha value is -3.22. The molecule has 0 aliphatic carbocycles. The van der Waals surface area contributed by atoms with Gasteiger partial charge < -0.3 is 47.1 Å². The van der Waals surface area contributed by atoms with Crippen molar-refractivity contribution in [2.45, 2.75) is 6.61 Å². The highest BCUT2D eigenvalue weighted by Gasteiger charge is 2.14. The fourth-order valence-corrected chi connectivity index (χ4v) is 4.63. The van der Waals surface area contributed by atoms with Gasteiger partial charge in [-0.25, -0.2) is 0 Å². The number of aliphatic hydroxyl groups is 1. The summed E-state index contributed by atoms with van der Waals surface area (Å²) in [4.78, 5) is 0. The number of ether oxygens (including phenoxy) is 7. The minimum Gasteiger partial charge on any atom is -0.491 e. The topological polar surface area (TPSA) is 111 Å². The Morgan fingerprint density at radius 1 is 0.524 bits per heavy atom. The summed E-state index contributed by atoms with van der Waals surface area (Å²) in [5.41, 5.74) is 4.19. The molecule has 0 fully saturated rings. The molecule has 42 heavy (non-hydrogen) atoms. The Morgan fingerprint density at radius 2 is 1.05 bits per heavy atom. The van der Waals surface area contributed by atoms with E-state index < -0.39 is 0 Å². The number of hydrogen-bond donors (Lipinski definition) is 1. The second kappa shape index (κ2) is 15.9. The van der Waals surface area contributed by atoms with Gasteiger partial charge in [0.1, 0.15) is 34.7 Å². The predicted octanol–water partition coefficient (Wildman–Crippen LogP) is 5.09. The fraction of sp³-hybridized carbons (Fsp3) is 0.438. The van der Waals surface area contributed by atoms with Crippen molar-refractivity contribution < 1.29 is 47.1 Å². The first-order chi connectivity index (χ1) is 20.8. The predicted molar refractivity (Wildman–Crippen MR) is 158 cm³/mol. The summed E-state index contributed by atoms with van der Waals surface area (Å²) in [6.45, 7) is 5.80. The van der Waals surface area contributed by atoms with Gasteiger partial charge >= 0.3 is 0 Å². The molecule has 0 saturated heterocycles. The summed E-state index contributed by atoms with van der Waals surface area (Å²) in [6, 6.07) is 16.1. The van der Waals surface area contributed by atoms with Crippen LogP contribution in [-0.4, -0.2) is 91.5 Å². The quantitative estimate of drug-likeness (QED) is 0.125. The molecule has 3 aromatic carbocycles. The third kappa shape index (κ3) is 7.99. The zero-order chi connectivity index (χ0) is 29.0. The van der Waals surface area contributed by atoms with E-state index in [2.05, 4.69) is 6.07 Å². The molecule has 226 valence electrons. The van der Waals surface area contributed by atoms with E-state index in [1.807, 2.05) is 42.5 Å². The number of benzene rings is 3. The van der Waals surface area contributed by atoms with E-state index in [9.17, 15) is 0 Å². The molecule has 10 heteroatoms. The molecule has 1 N–H and O–H groups in total. The van der Waals surface area contributed by atoms with E-state index in [1.54, 1.807) is 7.11 Å². The van der Waals surface area contributed by atoms with Gasteiger partial charge in [-0.2, -0.15) is 0 Å². The summed E-state index contributed by atoms with van der Waals surface area (Å²) in [5, 5.41) is 12.7. The van der Waals surface area contributed by atoms with Crippen molar-refractivity contribution in [1.82, 2.24) is 0 Å². The van der Waals surface area contributed by atoms with Crippen LogP contribution in [0.15, 0.2) is 57.4 Å². The van der Waals surface area contributed by atoms with Crippen LogP contribution < -0.4 is 4.74 Å². The maximum atomic E-state index is 8.68. The van der Waals surface area contributed by atoms with Gasteiger partial charge in [-0.15, -0.1) is 0 Å². The van der Waals surface area contributed by atoms with Gasteiger partial charge in [-0.3, -0.25) is 0 Å². The highest BCUT2D eigenvalue weighted by Crippen LogP contribution is 2.37. The lowest BCUT2D eigenvalue weighted by Gasteiger charge is -2.07. The van der Waals surface area contributed by atoms with E-state index >= 15 is 0 Å². The molecule has 5 aromatic rings. The molecule has 0 bridgehead atoms. The van der Waals surface area contributed by atoms with Crippen molar-refractivity contribution in [3.63, 3.8) is 0 Å². The van der Waals surface area contributed by atoms with Crippen molar-refractivity contribution in [1.29, 1.82) is 0 Å². The zero-order valence-corrected chi connectivity index (χ0v) is 23.9. The Balaban J connectivity index is 1.15. The average molecular weight is 583 g/mol. The van der Waals surface area contributed by atoms with Crippen molar-refractivity contribution in [3.05, 3.63) is 54.1 Å². The Labute approximate surface area is 243 Å². The van der Waals surface area contributed by atoms with Crippen LogP contribution >= 0.6 is 0 Å². The van der Waals surface area contributed by atoms with Gasteiger partial charge in [-0.05, 0) is 35.9 Å². The standard InChI is InChI=1S/C32H38O10/c1-34-8-9-36-12-13-38-16-17-40-24-3-5-26-28-21-31-27(20-32(28)42-30(26)19-24)25-4-2-23(18-29(25)41-31)22-39-15-14-37-11-10-35-7-6-33/h2-5,18-21,33H,6-17,22H2,1H3. The second-order valence-corrected chi connectivity index (χ2v) is 9.60. The largest absolute Gasteiger partial charge is 0.491 e. The molecule has 0 aliphatic heterocycles. The Morgan fingerprint density at radius 3 is 1.69 bits per heavy atom. The minimum absolute atomic E-state index is 0.0188. The molecule has 0 saturated carbocycles. The lowest BCUT2D eigenvalue weighted by molar-refractivity contribution is 0.00451. The molecule has 0 radical (unpaired) electrons. The minimum atomic E-state index is 0.0188. The van der Waals surface area contributed by atoms with Crippen molar-refractivity contribution in [2.24, 2.45) is 0 Å². The zero-order valence-electron chi connectivity index (χ0n) is 23.9. The van der Waals surface area contributed by atoms with E-state index in [-0.39, 0.29) is 6.61 Å². The normalized spacial score (nSPS) is 12.0. The van der Waals surface area contributed by atoms with Gasteiger partial charge in [0.25, 0.3) is 0 Å². The summed E-state index contributed by atoms with van der Waals surface area (Å²) in [5.74, 6) is 0.726. The summed E-state index contributed by atoms with van der Waals surface area (Å²) in [7, 11) is 1.65. The Bertz CT molecular complexity index is 1420. The summed E-state index contributed by atoms with van der Waals surface area (Å²) >= 11 is 0. The van der Waals surface area contributed by atoms with E-state index in [1.165, 1.54) is 0 Å². The molecule has 0 spiro atoms. The van der Waals surface area contributed by atoms with Crippen LogP contribution in [0.3, 0.4) is 0 Å². The van der Waals surface area contributed by atoms with E-state index in [0.717, 1.165) is 55.2 Å². The number of furan rings is 2. The lowest BCUT2D eigenvalue weighted by Crippen LogP contribution is -2.12. The second-order valence-electron chi connectivity index (χ2n) is 9.60. The first-order valence-electron chi connectivity index (χ1n) is 14.2. The number of methoxy groups -OCH3 is 1. The van der Waals surface area contributed by atoms with Crippen molar-refractivity contribution in [3.8, 4) is 5.75 Å². The highest BCUT2D eigenvalue weighted by atomic mass is 16.6. The van der Waals surface area contributed by atoms with Gasteiger partial charge in [-0.1, -0.05) is 12.1 Å². The van der Waals surface area contributed by atoms with E-state index in [4.69, 9.17) is 47.1 Å². The smallest absolute Gasteiger partial charge is 0.139 e. The number of fused-ring (bicyclic) bond motifs is 6. The number of rotatable bonds is 20. The van der Waals surface area contributed by atoms with Gasteiger partial charge in [0, 0.05) is 34.7 Å². The highest BCUT2D eigenvalue weighted by molar-refractivity contribution is 6.14. The van der Waals surface area contributed by atoms with Crippen LogP contribution in [0.25, 0.3) is 43.9 Å². The molecule has 2 aromatic heterocycles. The van der Waals surface area contributed by atoms with Crippen LogP contribution in [0.2, 0.25) is 0 Å². The van der Waals surface area contributed by atoms with Crippen molar-refractivity contribution >= 4 is 43.9 Å². The van der Waals surface area contributed by atoms with Crippen LogP contribution in [-0.2, 0) is 35.0 Å². The average Bonchev–Trinajstić information content (AvgIpc) is 3.54. The first-order valence-corrected chi connectivity index (χ1v) is 14.2. The molecule has 0 aliphatic rings. The molecule has 10 nitrogen and oxygen atoms in total. The number of hydrogen-bond acceptors (Lipinski definition) is 10. The molecule has 5 rings (SSSR count). The Kier molecular flexibility index (Phi) is 11.4. The molecule has 2 heterocycles. The van der Waals surface area contributed by atoms with E-state index in [0.29, 0.717) is 79.3 Å².